The van der Waals surface area contributed by atoms with Gasteiger partial charge in [-0.15, -0.1) is 0 Å². The average Bonchev–Trinajstić information content (AvgIpc) is 2.17. The topological polar surface area (TPSA) is 16.1 Å². The van der Waals surface area contributed by atoms with Crippen molar-refractivity contribution in [2.75, 3.05) is 14.1 Å². The highest BCUT2D eigenvalue weighted by atomic mass is 28.2. The molecule has 0 saturated carbocycles. The zero-order valence-corrected chi connectivity index (χ0v) is 9.36. The summed E-state index contributed by atoms with van der Waals surface area (Å²) in [5.74, 6) is 0. The second-order valence-electron chi connectivity index (χ2n) is 3.40. The van der Waals surface area contributed by atoms with Crippen LogP contribution in [0, 0.1) is 0 Å². The van der Waals surface area contributed by atoms with Crippen LogP contribution >= 0.6 is 0 Å². The van der Waals surface area contributed by atoms with E-state index in [2.05, 4.69) is 47.9 Å². The maximum atomic E-state index is 4.59. The van der Waals surface area contributed by atoms with E-state index in [1.54, 1.807) is 0 Å². The van der Waals surface area contributed by atoms with Gasteiger partial charge < -0.3 is 4.57 Å². The van der Waals surface area contributed by atoms with Crippen molar-refractivity contribution < 1.29 is 0 Å². The van der Waals surface area contributed by atoms with E-state index in [-0.39, 0.29) is 0 Å². The second-order valence-corrected chi connectivity index (χ2v) is 5.03. The van der Waals surface area contributed by atoms with Gasteiger partial charge in [-0.05, 0) is 26.2 Å². The summed E-state index contributed by atoms with van der Waals surface area (Å²) in [7, 11) is 4.78. The summed E-state index contributed by atoms with van der Waals surface area (Å²) in [6.45, 7) is 0. The van der Waals surface area contributed by atoms with Crippen LogP contribution in [-0.2, 0) is 0 Å². The molecule has 0 atom stereocenters. The fourth-order valence-electron chi connectivity index (χ4n) is 1.36. The normalized spacial score (nSPS) is 11.1. The number of aromatic nitrogens is 1. The fourth-order valence-corrected chi connectivity index (χ4v) is 2.14. The van der Waals surface area contributed by atoms with Crippen molar-refractivity contribution in [1.29, 1.82) is 0 Å². The molecule has 70 valence electrons. The molecule has 0 spiro atoms. The molecule has 0 fully saturated rings. The molecule has 2 nitrogen and oxygen atoms in total. The van der Waals surface area contributed by atoms with E-state index in [0.717, 1.165) is 10.8 Å². The number of hydrogen-bond donors (Lipinski definition) is 0. The predicted octanol–water partition coefficient (Wildman–Crippen LogP) is 1.04. The van der Waals surface area contributed by atoms with E-state index in [1.807, 2.05) is 12.1 Å². The average molecular weight is 200 g/mol. The monoisotopic (exact) mass is 200 g/mol. The van der Waals surface area contributed by atoms with Gasteiger partial charge in [0.2, 0.25) is 9.68 Å². The van der Waals surface area contributed by atoms with Crippen LogP contribution in [0.4, 0.5) is 0 Å². The molecule has 0 amide bonds. The Hall–Kier alpha value is -1.19. The highest BCUT2D eigenvalue weighted by Gasteiger charge is 2.00. The Kier molecular flexibility index (Phi) is 2.61. The minimum Gasteiger partial charge on any atom is -0.326 e. The minimum absolute atomic E-state index is 0.646. The maximum absolute atomic E-state index is 4.59. The van der Waals surface area contributed by atoms with Gasteiger partial charge in [0.1, 0.15) is 0 Å². The first-order valence-corrected chi connectivity index (χ1v) is 5.50. The van der Waals surface area contributed by atoms with Gasteiger partial charge in [-0.1, -0.05) is 24.3 Å². The first-order chi connectivity index (χ1) is 6.75. The lowest BCUT2D eigenvalue weighted by Crippen LogP contribution is -2.31. The third-order valence-corrected chi connectivity index (χ3v) is 2.89. The molecule has 0 N–H and O–H groups in total. The first-order valence-electron chi connectivity index (χ1n) is 4.55. The molecule has 2 aromatic rings. The quantitative estimate of drug-likeness (QED) is 0.673. The molecule has 3 heteroatoms. The third kappa shape index (κ3) is 2.00. The van der Waals surface area contributed by atoms with Crippen LogP contribution in [0.25, 0.3) is 10.9 Å². The molecule has 0 aliphatic rings. The predicted molar refractivity (Wildman–Crippen MR) is 60.8 cm³/mol. The lowest BCUT2D eigenvalue weighted by atomic mass is 10.2. The van der Waals surface area contributed by atoms with Crippen molar-refractivity contribution in [3.8, 4) is 0 Å². The fraction of sp³-hybridized carbons (Fsp3) is 0.182. The standard InChI is InChI=1S/C11H12N2Si/c1-13(2)14-11-8-7-9-5-3-4-6-10(9)12-11/h3-8H,1-2H3. The number of rotatable bonds is 2. The molecule has 2 rings (SSSR count). The molecule has 0 aliphatic carbocycles. The Balaban J connectivity index is 2.41. The van der Waals surface area contributed by atoms with Crippen molar-refractivity contribution in [2.24, 2.45) is 0 Å². The van der Waals surface area contributed by atoms with E-state index in [9.17, 15) is 0 Å². The molecule has 2 radical (unpaired) electrons. The number of hydrogen-bond acceptors (Lipinski definition) is 2. The summed E-state index contributed by atoms with van der Waals surface area (Å²) in [6.07, 6.45) is 0. The second kappa shape index (κ2) is 3.90. The molecule has 1 heterocycles. The Bertz CT molecular complexity index is 440. The van der Waals surface area contributed by atoms with Gasteiger partial charge in [-0.25, -0.2) is 0 Å². The summed E-state index contributed by atoms with van der Waals surface area (Å²) in [4.78, 5) is 4.59. The zero-order chi connectivity index (χ0) is 9.97. The Morgan fingerprint density at radius 1 is 1.07 bits per heavy atom. The van der Waals surface area contributed by atoms with Gasteiger partial charge in [-0.3, -0.25) is 4.98 Å². The van der Waals surface area contributed by atoms with Gasteiger partial charge in [0, 0.05) is 10.7 Å². The first kappa shape index (κ1) is 9.37. The minimum atomic E-state index is 0.646. The van der Waals surface area contributed by atoms with Gasteiger partial charge >= 0.3 is 0 Å². The van der Waals surface area contributed by atoms with Crippen LogP contribution in [0.5, 0.6) is 0 Å². The number of nitrogens with zero attached hydrogens (tertiary/aromatic N) is 2. The van der Waals surface area contributed by atoms with Crippen LogP contribution in [0.15, 0.2) is 36.4 Å². The van der Waals surface area contributed by atoms with Crippen molar-refractivity contribution in [3.05, 3.63) is 36.4 Å². The van der Waals surface area contributed by atoms with Crippen molar-refractivity contribution >= 4 is 25.9 Å². The smallest absolute Gasteiger partial charge is 0.207 e. The lowest BCUT2D eigenvalue weighted by Gasteiger charge is -2.07. The molecule has 1 aromatic heterocycles. The Morgan fingerprint density at radius 3 is 2.64 bits per heavy atom. The van der Waals surface area contributed by atoms with Gasteiger partial charge in [0.15, 0.2) is 0 Å². The maximum Gasteiger partial charge on any atom is 0.207 e. The van der Waals surface area contributed by atoms with E-state index >= 15 is 0 Å². The summed E-state index contributed by atoms with van der Waals surface area (Å²) in [5.41, 5.74) is 1.08. The Morgan fingerprint density at radius 2 is 1.86 bits per heavy atom. The van der Waals surface area contributed by atoms with Gasteiger partial charge in [0.25, 0.3) is 0 Å². The van der Waals surface area contributed by atoms with Crippen LogP contribution in [0.1, 0.15) is 0 Å². The molecule has 0 bridgehead atoms. The van der Waals surface area contributed by atoms with Crippen molar-refractivity contribution in [1.82, 2.24) is 9.55 Å². The van der Waals surface area contributed by atoms with Crippen molar-refractivity contribution in [2.45, 2.75) is 0 Å². The van der Waals surface area contributed by atoms with Crippen molar-refractivity contribution in [3.63, 3.8) is 0 Å². The zero-order valence-electron chi connectivity index (χ0n) is 8.36. The third-order valence-electron chi connectivity index (χ3n) is 1.94. The number of fused-ring (bicyclic) bond motifs is 1. The van der Waals surface area contributed by atoms with E-state index in [1.165, 1.54) is 5.39 Å². The summed E-state index contributed by atoms with van der Waals surface area (Å²) in [6, 6.07) is 12.4. The SMILES string of the molecule is CN(C)[Si]c1ccc2ccccc2n1. The largest absolute Gasteiger partial charge is 0.326 e. The molecule has 0 aliphatic heterocycles. The van der Waals surface area contributed by atoms with Crippen LogP contribution < -0.4 is 5.32 Å². The van der Waals surface area contributed by atoms with E-state index in [4.69, 9.17) is 0 Å². The molecule has 1 aromatic carbocycles. The van der Waals surface area contributed by atoms with E-state index < -0.39 is 0 Å². The summed E-state index contributed by atoms with van der Waals surface area (Å²) < 4.78 is 2.15. The number of pyridine rings is 1. The van der Waals surface area contributed by atoms with Gasteiger partial charge in [0.05, 0.1) is 5.52 Å². The molecule has 14 heavy (non-hydrogen) atoms. The molecule has 0 saturated heterocycles. The number of benzene rings is 1. The molecular weight excluding hydrogens is 188 g/mol. The summed E-state index contributed by atoms with van der Waals surface area (Å²) in [5, 5.41) is 2.36. The van der Waals surface area contributed by atoms with Crippen LogP contribution in [0.2, 0.25) is 0 Å². The highest BCUT2D eigenvalue weighted by molar-refractivity contribution is 6.49. The van der Waals surface area contributed by atoms with Crippen LogP contribution in [0.3, 0.4) is 0 Å². The number of para-hydroxylation sites is 1. The highest BCUT2D eigenvalue weighted by Crippen LogP contribution is 2.07. The Labute approximate surface area is 86.5 Å². The van der Waals surface area contributed by atoms with E-state index in [0.29, 0.717) is 9.68 Å². The summed E-state index contributed by atoms with van der Waals surface area (Å²) >= 11 is 0. The van der Waals surface area contributed by atoms with Crippen LogP contribution in [-0.4, -0.2) is 33.3 Å². The lowest BCUT2D eigenvalue weighted by molar-refractivity contribution is 0.668. The molecular formula is C11H12N2Si. The van der Waals surface area contributed by atoms with Gasteiger partial charge in [-0.2, -0.15) is 0 Å². The molecule has 0 unspecified atom stereocenters.